The van der Waals surface area contributed by atoms with Gasteiger partial charge in [-0.15, -0.1) is 0 Å². The molecule has 2 aromatic carbocycles. The Hall–Kier alpha value is -3.89. The first-order chi connectivity index (χ1) is 21.7. The highest BCUT2D eigenvalue weighted by molar-refractivity contribution is 5.95. The van der Waals surface area contributed by atoms with Crippen molar-refractivity contribution in [3.8, 4) is 22.8 Å². The van der Waals surface area contributed by atoms with Crippen molar-refractivity contribution < 1.29 is 23.5 Å². The van der Waals surface area contributed by atoms with E-state index in [0.29, 0.717) is 35.9 Å². The lowest BCUT2D eigenvalue weighted by Gasteiger charge is -2.32. The molecule has 2 fully saturated rings. The van der Waals surface area contributed by atoms with E-state index in [4.69, 9.17) is 9.47 Å². The molecule has 0 bridgehead atoms. The van der Waals surface area contributed by atoms with Crippen LogP contribution in [0.25, 0.3) is 11.3 Å². The Morgan fingerprint density at radius 1 is 1.09 bits per heavy atom. The molecule has 240 valence electrons. The Kier molecular flexibility index (Phi) is 10.8. The third kappa shape index (κ3) is 8.43. The van der Waals surface area contributed by atoms with Gasteiger partial charge in [-0.1, -0.05) is 20.8 Å². The second-order valence-corrected chi connectivity index (χ2v) is 12.6. The van der Waals surface area contributed by atoms with E-state index < -0.39 is 11.7 Å². The summed E-state index contributed by atoms with van der Waals surface area (Å²) in [7, 11) is 1.70. The van der Waals surface area contributed by atoms with E-state index in [-0.39, 0.29) is 30.0 Å². The first kappa shape index (κ1) is 32.5. The number of ether oxygens (including phenoxy) is 2. The van der Waals surface area contributed by atoms with Crippen LogP contribution in [0.5, 0.6) is 11.5 Å². The normalized spacial score (nSPS) is 17.7. The van der Waals surface area contributed by atoms with Crippen molar-refractivity contribution in [3.63, 3.8) is 0 Å². The van der Waals surface area contributed by atoms with Gasteiger partial charge in [-0.25, -0.2) is 4.39 Å². The average molecular weight is 618 g/mol. The Bertz CT molecular complexity index is 1460. The highest BCUT2D eigenvalue weighted by Crippen LogP contribution is 2.32. The summed E-state index contributed by atoms with van der Waals surface area (Å²) in [5, 5.41) is 11.7. The van der Waals surface area contributed by atoms with Crippen LogP contribution in [0.2, 0.25) is 0 Å². The van der Waals surface area contributed by atoms with E-state index in [2.05, 4.69) is 34.3 Å². The number of hydrogen-bond donors (Lipinski definition) is 1. The number of hydrogen-bond acceptors (Lipinski definition) is 7. The Morgan fingerprint density at radius 2 is 1.84 bits per heavy atom. The van der Waals surface area contributed by atoms with E-state index in [1.54, 1.807) is 12.0 Å². The Morgan fingerprint density at radius 3 is 2.47 bits per heavy atom. The predicted molar refractivity (Wildman–Crippen MR) is 171 cm³/mol. The molecule has 1 atom stereocenters. The maximum Gasteiger partial charge on any atom is 0.254 e. The van der Waals surface area contributed by atoms with Crippen LogP contribution < -0.4 is 10.1 Å². The molecule has 1 N–H and O–H groups in total. The molecule has 0 unspecified atom stereocenters. The van der Waals surface area contributed by atoms with Crippen molar-refractivity contribution in [2.75, 3.05) is 39.9 Å². The Labute approximate surface area is 265 Å². The average Bonchev–Trinajstić information content (AvgIpc) is 3.35. The summed E-state index contributed by atoms with van der Waals surface area (Å²) >= 11 is 0. The third-order valence-corrected chi connectivity index (χ3v) is 8.56. The van der Waals surface area contributed by atoms with Crippen molar-refractivity contribution in [1.82, 2.24) is 25.3 Å². The molecule has 0 spiro atoms. The lowest BCUT2D eigenvalue weighted by Crippen LogP contribution is -2.45. The molecule has 0 radical (unpaired) electrons. The fourth-order valence-electron chi connectivity index (χ4n) is 5.94. The smallest absolute Gasteiger partial charge is 0.254 e. The highest BCUT2D eigenvalue weighted by atomic mass is 19.1. The van der Waals surface area contributed by atoms with Gasteiger partial charge in [-0.05, 0) is 79.6 Å². The molecule has 0 saturated carbocycles. The van der Waals surface area contributed by atoms with Crippen molar-refractivity contribution >= 4 is 11.8 Å². The second kappa shape index (κ2) is 14.9. The van der Waals surface area contributed by atoms with Crippen LogP contribution in [-0.2, 0) is 16.1 Å². The van der Waals surface area contributed by atoms with Gasteiger partial charge in [0.15, 0.2) is 0 Å². The lowest BCUT2D eigenvalue weighted by molar-refractivity contribution is -0.128. The summed E-state index contributed by atoms with van der Waals surface area (Å²) < 4.78 is 27.0. The third-order valence-electron chi connectivity index (χ3n) is 8.56. The number of rotatable bonds is 12. The molecule has 2 amide bonds. The summed E-state index contributed by atoms with van der Waals surface area (Å²) in [6.45, 7) is 10.4. The fourth-order valence-corrected chi connectivity index (χ4v) is 5.94. The molecule has 2 saturated heterocycles. The van der Waals surface area contributed by atoms with Gasteiger partial charge in [0.1, 0.15) is 17.3 Å². The number of carbonyl (C=O) groups excluding carboxylic acids is 2. The highest BCUT2D eigenvalue weighted by Gasteiger charge is 2.29. The topological polar surface area (TPSA) is 96.9 Å². The molecule has 2 aliphatic heterocycles. The first-order valence-electron chi connectivity index (χ1n) is 15.9. The number of likely N-dealkylation sites (tertiary alicyclic amines) is 2. The number of nitrogens with one attached hydrogen (secondary N) is 1. The van der Waals surface area contributed by atoms with Crippen LogP contribution in [0.15, 0.2) is 48.5 Å². The SMILES string of the molecule is COCCCN1CCC(NC(=O)c2cc(Oc3ccc(-c4ccc(C(C)C)nn4)cc3)c(CN3C[C@@H](C)CC3=O)cc2F)CC1. The lowest BCUT2D eigenvalue weighted by atomic mass is 10.0. The van der Waals surface area contributed by atoms with E-state index in [9.17, 15) is 9.59 Å². The zero-order valence-corrected chi connectivity index (χ0v) is 26.7. The Balaban J connectivity index is 1.32. The van der Waals surface area contributed by atoms with Crippen molar-refractivity contribution in [2.24, 2.45) is 5.92 Å². The van der Waals surface area contributed by atoms with Gasteiger partial charge in [-0.2, -0.15) is 10.2 Å². The van der Waals surface area contributed by atoms with Crippen molar-refractivity contribution in [3.05, 3.63) is 71.2 Å². The van der Waals surface area contributed by atoms with Gasteiger partial charge in [0.25, 0.3) is 5.91 Å². The molecule has 1 aromatic heterocycles. The number of halogens is 1. The quantitative estimate of drug-likeness (QED) is 0.257. The van der Waals surface area contributed by atoms with Crippen LogP contribution in [0.3, 0.4) is 0 Å². The fraction of sp³-hybridized carbons (Fsp3) is 0.486. The minimum absolute atomic E-state index is 0.0261. The van der Waals surface area contributed by atoms with Gasteiger partial charge in [0, 0.05) is 70.0 Å². The van der Waals surface area contributed by atoms with Gasteiger partial charge < -0.3 is 24.6 Å². The van der Waals surface area contributed by atoms with Gasteiger partial charge >= 0.3 is 0 Å². The summed E-state index contributed by atoms with van der Waals surface area (Å²) in [4.78, 5) is 30.0. The van der Waals surface area contributed by atoms with Gasteiger partial charge in [0.2, 0.25) is 5.91 Å². The summed E-state index contributed by atoms with van der Waals surface area (Å²) in [6.07, 6.45) is 3.03. The zero-order chi connectivity index (χ0) is 31.9. The molecule has 9 nitrogen and oxygen atoms in total. The molecule has 45 heavy (non-hydrogen) atoms. The number of benzene rings is 2. The number of amides is 2. The molecule has 0 aliphatic carbocycles. The summed E-state index contributed by atoms with van der Waals surface area (Å²) in [5.41, 5.74) is 2.99. The first-order valence-corrected chi connectivity index (χ1v) is 15.9. The number of piperidine rings is 1. The minimum Gasteiger partial charge on any atom is -0.457 e. The zero-order valence-electron chi connectivity index (χ0n) is 26.7. The molecule has 3 heterocycles. The number of carbonyl (C=O) groups is 2. The predicted octanol–water partition coefficient (Wildman–Crippen LogP) is 5.80. The standard InChI is InChI=1S/C35H44FN5O4/c1-23(2)31-10-11-32(39-38-31)25-6-8-28(9-7-25)45-33-20-29(30(36)19-26(33)22-41-21-24(3)18-34(41)42)35(43)37-27-12-15-40(16-13-27)14-5-17-44-4/h6-11,19-20,23-24,27H,5,12-18,21-22H2,1-4H3,(H,37,43)/t24-/m0/s1. The number of methoxy groups -OCH3 is 1. The van der Waals surface area contributed by atoms with Crippen LogP contribution >= 0.6 is 0 Å². The minimum atomic E-state index is -0.634. The maximum atomic E-state index is 15.5. The largest absolute Gasteiger partial charge is 0.457 e. The van der Waals surface area contributed by atoms with Crippen LogP contribution in [0.4, 0.5) is 4.39 Å². The maximum absolute atomic E-state index is 15.5. The molecular weight excluding hydrogens is 573 g/mol. The van der Waals surface area contributed by atoms with Crippen molar-refractivity contribution in [2.45, 2.75) is 65.0 Å². The van der Waals surface area contributed by atoms with Crippen molar-refractivity contribution in [1.29, 1.82) is 0 Å². The van der Waals surface area contributed by atoms with Crippen LogP contribution in [-0.4, -0.2) is 77.7 Å². The van der Waals surface area contributed by atoms with E-state index in [1.165, 1.54) is 12.1 Å². The summed E-state index contributed by atoms with van der Waals surface area (Å²) in [6, 6.07) is 14.1. The molecule has 3 aromatic rings. The summed E-state index contributed by atoms with van der Waals surface area (Å²) in [5.74, 6) is 0.313. The van der Waals surface area contributed by atoms with E-state index >= 15 is 4.39 Å². The van der Waals surface area contributed by atoms with Gasteiger partial charge in [-0.3, -0.25) is 9.59 Å². The molecule has 2 aliphatic rings. The molecular formula is C35H44FN5O4. The number of nitrogens with zero attached hydrogens (tertiary/aromatic N) is 4. The van der Waals surface area contributed by atoms with Gasteiger partial charge in [0.05, 0.1) is 17.0 Å². The molecule has 10 heteroatoms. The molecule has 5 rings (SSSR count). The van der Waals surface area contributed by atoms with E-state index in [0.717, 1.165) is 62.5 Å². The van der Waals surface area contributed by atoms with Crippen LogP contribution in [0, 0.1) is 11.7 Å². The second-order valence-electron chi connectivity index (χ2n) is 12.6. The van der Waals surface area contributed by atoms with Crippen LogP contribution in [0.1, 0.15) is 74.0 Å². The van der Waals surface area contributed by atoms with E-state index in [1.807, 2.05) is 43.3 Å². The number of aromatic nitrogens is 2. The monoisotopic (exact) mass is 617 g/mol.